The summed E-state index contributed by atoms with van der Waals surface area (Å²) >= 11 is 0. The fourth-order valence-electron chi connectivity index (χ4n) is 3.21. The molecule has 0 aliphatic carbocycles. The molecule has 2 N–H and O–H groups in total. The fraction of sp³-hybridized carbons (Fsp3) is 0.120. The number of fused-ring (bicyclic) bond motifs is 1. The average Bonchev–Trinajstić information content (AvgIpc) is 2.84. The van der Waals surface area contributed by atoms with E-state index >= 15 is 0 Å². The molecule has 1 amide bonds. The van der Waals surface area contributed by atoms with Crippen molar-refractivity contribution in [3.8, 4) is 11.6 Å². The number of nitrogens with zero attached hydrogens (tertiary/aromatic N) is 1. The highest BCUT2D eigenvalue weighted by molar-refractivity contribution is 7.89. The second kappa shape index (κ2) is 10.4. The number of benzene rings is 3. The minimum Gasteiger partial charge on any atom is -0.439 e. The van der Waals surface area contributed by atoms with Gasteiger partial charge in [-0.1, -0.05) is 36.4 Å². The molecule has 9 heteroatoms. The fourth-order valence-corrected chi connectivity index (χ4v) is 4.27. The van der Waals surface area contributed by atoms with Gasteiger partial charge in [-0.3, -0.25) is 4.79 Å². The maximum atomic E-state index is 13.0. The van der Waals surface area contributed by atoms with Crippen molar-refractivity contribution in [2.45, 2.75) is 17.9 Å². The molecule has 7 nitrogen and oxygen atoms in total. The monoisotopic (exact) mass is 479 g/mol. The van der Waals surface area contributed by atoms with E-state index in [0.717, 1.165) is 16.3 Å². The van der Waals surface area contributed by atoms with Crippen LogP contribution in [0.5, 0.6) is 11.6 Å². The highest BCUT2D eigenvalue weighted by atomic mass is 32.2. The number of nitrogens with one attached hydrogen (secondary N) is 2. The number of sulfonamides is 1. The predicted octanol–water partition coefficient (Wildman–Crippen LogP) is 4.15. The summed E-state index contributed by atoms with van der Waals surface area (Å²) in [5.74, 6) is 0.145. The van der Waals surface area contributed by atoms with Gasteiger partial charge in [-0.2, -0.15) is 0 Å². The first-order chi connectivity index (χ1) is 16.4. The zero-order valence-corrected chi connectivity index (χ0v) is 18.9. The van der Waals surface area contributed by atoms with Crippen molar-refractivity contribution in [1.82, 2.24) is 15.0 Å². The van der Waals surface area contributed by atoms with Crippen molar-refractivity contribution in [3.05, 3.63) is 96.4 Å². The number of hydrogen-bond donors (Lipinski definition) is 2. The first kappa shape index (κ1) is 23.3. The van der Waals surface area contributed by atoms with E-state index in [4.69, 9.17) is 4.74 Å². The highest BCUT2D eigenvalue weighted by Gasteiger charge is 2.14. The van der Waals surface area contributed by atoms with Gasteiger partial charge in [0.05, 0.1) is 4.90 Å². The number of pyridine rings is 1. The molecule has 0 spiro atoms. The molecule has 34 heavy (non-hydrogen) atoms. The molecule has 0 saturated heterocycles. The van der Waals surface area contributed by atoms with Crippen LogP contribution in [0.2, 0.25) is 0 Å². The molecule has 174 valence electrons. The van der Waals surface area contributed by atoms with E-state index in [2.05, 4.69) is 15.0 Å². The predicted molar refractivity (Wildman–Crippen MR) is 126 cm³/mol. The van der Waals surface area contributed by atoms with Gasteiger partial charge in [0.15, 0.2) is 0 Å². The number of amides is 1. The summed E-state index contributed by atoms with van der Waals surface area (Å²) in [6, 6.07) is 21.4. The van der Waals surface area contributed by atoms with E-state index in [0.29, 0.717) is 11.6 Å². The summed E-state index contributed by atoms with van der Waals surface area (Å²) in [6.07, 6.45) is 1.55. The van der Waals surface area contributed by atoms with Crippen LogP contribution in [0.15, 0.2) is 90.0 Å². The first-order valence-electron chi connectivity index (χ1n) is 10.5. The number of carbonyl (C=O) groups is 1. The van der Waals surface area contributed by atoms with Crippen molar-refractivity contribution in [1.29, 1.82) is 0 Å². The molecular weight excluding hydrogens is 457 g/mol. The van der Waals surface area contributed by atoms with E-state index in [-0.39, 0.29) is 36.1 Å². The molecule has 4 aromatic rings. The Morgan fingerprint density at radius 1 is 0.941 bits per heavy atom. The smallest absolute Gasteiger partial charge is 0.240 e. The normalized spacial score (nSPS) is 11.3. The zero-order chi connectivity index (χ0) is 24.0. The largest absolute Gasteiger partial charge is 0.439 e. The van der Waals surface area contributed by atoms with Crippen molar-refractivity contribution in [3.63, 3.8) is 0 Å². The van der Waals surface area contributed by atoms with Crippen LogP contribution in [0.4, 0.5) is 4.39 Å². The molecule has 0 unspecified atom stereocenters. The van der Waals surface area contributed by atoms with Gasteiger partial charge in [-0.05, 0) is 52.7 Å². The van der Waals surface area contributed by atoms with Crippen LogP contribution in [0.25, 0.3) is 10.8 Å². The van der Waals surface area contributed by atoms with E-state index in [1.54, 1.807) is 36.5 Å². The lowest BCUT2D eigenvalue weighted by Crippen LogP contribution is -2.30. The maximum Gasteiger partial charge on any atom is 0.240 e. The molecule has 3 aromatic carbocycles. The number of carbonyl (C=O) groups excluding carboxylic acids is 1. The Hall–Kier alpha value is -3.82. The van der Waals surface area contributed by atoms with Crippen molar-refractivity contribution in [2.24, 2.45) is 0 Å². The Morgan fingerprint density at radius 3 is 2.44 bits per heavy atom. The first-order valence-corrected chi connectivity index (χ1v) is 12.0. The standard InChI is InChI=1S/C25H22FN3O4S/c26-21-7-9-22(10-8-21)33-25-12-5-18(17-28-25)16-27-24(30)13-14-29-34(31,32)23-11-6-19-3-1-2-4-20(19)15-23/h1-12,15,17,29H,13-14,16H2,(H,27,30). The lowest BCUT2D eigenvalue weighted by Gasteiger charge is -2.09. The SMILES string of the molecule is O=C(CCNS(=O)(=O)c1ccc2ccccc2c1)NCc1ccc(Oc2ccc(F)cc2)nc1. The third kappa shape index (κ3) is 6.15. The minimum atomic E-state index is -3.72. The van der Waals surface area contributed by atoms with Gasteiger partial charge < -0.3 is 10.1 Å². The summed E-state index contributed by atoms with van der Waals surface area (Å²) in [5.41, 5.74) is 0.747. The summed E-state index contributed by atoms with van der Waals surface area (Å²) < 4.78 is 46.0. The van der Waals surface area contributed by atoms with Gasteiger partial charge in [0.25, 0.3) is 0 Å². The molecule has 0 radical (unpaired) electrons. The van der Waals surface area contributed by atoms with Gasteiger partial charge in [0.1, 0.15) is 11.6 Å². The van der Waals surface area contributed by atoms with Crippen molar-refractivity contribution >= 4 is 26.7 Å². The molecule has 0 bridgehead atoms. The lowest BCUT2D eigenvalue weighted by molar-refractivity contribution is -0.121. The Kier molecular flexibility index (Phi) is 7.15. The quantitative estimate of drug-likeness (QED) is 0.376. The summed E-state index contributed by atoms with van der Waals surface area (Å²) in [5, 5.41) is 4.50. The molecule has 4 rings (SSSR count). The molecule has 1 aromatic heterocycles. The van der Waals surface area contributed by atoms with Crippen LogP contribution in [0.3, 0.4) is 0 Å². The summed E-state index contributed by atoms with van der Waals surface area (Å²) in [4.78, 5) is 16.4. The number of rotatable bonds is 9. The van der Waals surface area contributed by atoms with Crippen molar-refractivity contribution < 1.29 is 22.3 Å². The zero-order valence-electron chi connectivity index (χ0n) is 18.1. The molecule has 0 saturated carbocycles. The molecule has 0 aliphatic heterocycles. The van der Waals surface area contributed by atoms with Gasteiger partial charge in [0.2, 0.25) is 21.8 Å². The second-order valence-corrected chi connectivity index (χ2v) is 9.26. The van der Waals surface area contributed by atoms with E-state index < -0.39 is 10.0 Å². The van der Waals surface area contributed by atoms with Gasteiger partial charge in [-0.15, -0.1) is 0 Å². The highest BCUT2D eigenvalue weighted by Crippen LogP contribution is 2.20. The number of aromatic nitrogens is 1. The number of hydrogen-bond acceptors (Lipinski definition) is 5. The van der Waals surface area contributed by atoms with Gasteiger partial charge in [-0.25, -0.2) is 22.5 Å². The molecular formula is C25H22FN3O4S. The van der Waals surface area contributed by atoms with Crippen LogP contribution in [0.1, 0.15) is 12.0 Å². The Labute approximate surface area is 196 Å². The Balaban J connectivity index is 1.23. The molecule has 1 heterocycles. The van der Waals surface area contributed by atoms with Crippen LogP contribution in [0, 0.1) is 5.82 Å². The van der Waals surface area contributed by atoms with Gasteiger partial charge in [0, 0.05) is 31.8 Å². The molecule has 0 atom stereocenters. The third-order valence-electron chi connectivity index (χ3n) is 5.00. The van der Waals surface area contributed by atoms with E-state index in [1.807, 2.05) is 24.3 Å². The second-order valence-electron chi connectivity index (χ2n) is 7.49. The molecule has 0 aliphatic rings. The van der Waals surface area contributed by atoms with Crippen LogP contribution in [-0.4, -0.2) is 25.9 Å². The topological polar surface area (TPSA) is 97.4 Å². The number of halogens is 1. The Bertz CT molecular complexity index is 1390. The van der Waals surface area contributed by atoms with Gasteiger partial charge >= 0.3 is 0 Å². The summed E-state index contributed by atoms with van der Waals surface area (Å²) in [7, 11) is -3.72. The minimum absolute atomic E-state index is 0.00794. The van der Waals surface area contributed by atoms with Crippen molar-refractivity contribution in [2.75, 3.05) is 6.54 Å². The van der Waals surface area contributed by atoms with E-state index in [9.17, 15) is 17.6 Å². The lowest BCUT2D eigenvalue weighted by atomic mass is 10.1. The van der Waals surface area contributed by atoms with Crippen LogP contribution >= 0.6 is 0 Å². The average molecular weight is 480 g/mol. The van der Waals surface area contributed by atoms with Crippen LogP contribution in [-0.2, 0) is 21.4 Å². The number of ether oxygens (including phenoxy) is 1. The third-order valence-corrected chi connectivity index (χ3v) is 6.46. The summed E-state index contributed by atoms with van der Waals surface area (Å²) in [6.45, 7) is 0.212. The maximum absolute atomic E-state index is 13.0. The van der Waals surface area contributed by atoms with Crippen LogP contribution < -0.4 is 14.8 Å². The Morgan fingerprint density at radius 2 is 1.71 bits per heavy atom. The molecule has 0 fully saturated rings. The van der Waals surface area contributed by atoms with E-state index in [1.165, 1.54) is 24.3 Å².